The third-order valence-electron chi connectivity index (χ3n) is 6.73. The number of aromatic nitrogens is 2. The molecule has 0 unspecified atom stereocenters. The lowest BCUT2D eigenvalue weighted by Crippen LogP contribution is -2.46. The fourth-order valence-electron chi connectivity index (χ4n) is 4.88. The SMILES string of the molecule is C[C@@H]1CCC[C@H](C)N1CCNCCn1c(=O)c(-c2cccc(C(=N)N)c2)nc2ccccc21. The highest BCUT2D eigenvalue weighted by molar-refractivity contribution is 5.96. The van der Waals surface area contributed by atoms with Crippen molar-refractivity contribution >= 4 is 16.9 Å². The van der Waals surface area contributed by atoms with Crippen LogP contribution in [0.1, 0.15) is 38.7 Å². The van der Waals surface area contributed by atoms with E-state index >= 15 is 0 Å². The van der Waals surface area contributed by atoms with E-state index in [0.717, 1.165) is 24.1 Å². The van der Waals surface area contributed by atoms with Crippen LogP contribution in [0, 0.1) is 5.41 Å². The molecule has 0 bridgehead atoms. The van der Waals surface area contributed by atoms with Crippen molar-refractivity contribution in [1.29, 1.82) is 5.41 Å². The van der Waals surface area contributed by atoms with Gasteiger partial charge in [0.1, 0.15) is 11.5 Å². The Balaban J connectivity index is 1.52. The Kier molecular flexibility index (Phi) is 7.20. The van der Waals surface area contributed by atoms with E-state index in [1.54, 1.807) is 22.8 Å². The molecule has 1 fully saturated rings. The van der Waals surface area contributed by atoms with Crippen molar-refractivity contribution in [3.05, 3.63) is 64.4 Å². The Labute approximate surface area is 195 Å². The zero-order chi connectivity index (χ0) is 23.4. The smallest absolute Gasteiger partial charge is 0.277 e. The van der Waals surface area contributed by atoms with Crippen LogP contribution in [-0.2, 0) is 6.54 Å². The van der Waals surface area contributed by atoms with Crippen LogP contribution in [-0.4, -0.2) is 52.0 Å². The van der Waals surface area contributed by atoms with Crippen molar-refractivity contribution < 1.29 is 0 Å². The van der Waals surface area contributed by atoms with E-state index in [1.165, 1.54) is 19.3 Å². The number of likely N-dealkylation sites (tertiary alicyclic amines) is 1. The Bertz CT molecular complexity index is 1180. The molecule has 174 valence electrons. The lowest BCUT2D eigenvalue weighted by Gasteiger charge is -2.39. The van der Waals surface area contributed by atoms with Crippen LogP contribution >= 0.6 is 0 Å². The Morgan fingerprint density at radius 2 is 1.82 bits per heavy atom. The highest BCUT2D eigenvalue weighted by Gasteiger charge is 2.23. The largest absolute Gasteiger partial charge is 0.384 e. The van der Waals surface area contributed by atoms with Crippen molar-refractivity contribution in [2.24, 2.45) is 5.73 Å². The minimum absolute atomic E-state index is 0.0282. The molecule has 0 radical (unpaired) electrons. The second-order valence-corrected chi connectivity index (χ2v) is 9.02. The number of rotatable bonds is 8. The minimum Gasteiger partial charge on any atom is -0.384 e. The highest BCUT2D eigenvalue weighted by Crippen LogP contribution is 2.22. The van der Waals surface area contributed by atoms with Crippen LogP contribution in [0.4, 0.5) is 0 Å². The van der Waals surface area contributed by atoms with E-state index in [0.29, 0.717) is 42.0 Å². The lowest BCUT2D eigenvalue weighted by atomic mass is 9.98. The normalized spacial score (nSPS) is 19.1. The topological polar surface area (TPSA) is 100 Å². The Morgan fingerprint density at radius 3 is 2.58 bits per heavy atom. The van der Waals surface area contributed by atoms with Crippen LogP contribution in [0.25, 0.3) is 22.3 Å². The molecule has 0 spiro atoms. The van der Waals surface area contributed by atoms with Crippen LogP contribution in [0.3, 0.4) is 0 Å². The van der Waals surface area contributed by atoms with Crippen LogP contribution in [0.5, 0.6) is 0 Å². The molecular weight excluding hydrogens is 412 g/mol. The van der Waals surface area contributed by atoms with Gasteiger partial charge in [-0.3, -0.25) is 15.1 Å². The molecular formula is C26H34N6O. The number of para-hydroxylation sites is 2. The molecule has 1 saturated heterocycles. The molecule has 0 amide bonds. The predicted octanol–water partition coefficient (Wildman–Crippen LogP) is 3.20. The predicted molar refractivity (Wildman–Crippen MR) is 135 cm³/mol. The molecule has 2 aromatic carbocycles. The van der Waals surface area contributed by atoms with Crippen molar-refractivity contribution in [3.63, 3.8) is 0 Å². The summed E-state index contributed by atoms with van der Waals surface area (Å²) in [7, 11) is 0. The number of piperidine rings is 1. The Hall–Kier alpha value is -3.03. The van der Waals surface area contributed by atoms with E-state index < -0.39 is 0 Å². The van der Waals surface area contributed by atoms with Gasteiger partial charge in [0.15, 0.2) is 0 Å². The number of nitrogens with one attached hydrogen (secondary N) is 2. The number of nitrogens with two attached hydrogens (primary N) is 1. The minimum atomic E-state index is -0.130. The molecule has 3 aromatic rings. The summed E-state index contributed by atoms with van der Waals surface area (Å²) < 4.78 is 1.80. The average Bonchev–Trinajstić information content (AvgIpc) is 2.81. The number of hydrogen-bond acceptors (Lipinski definition) is 5. The summed E-state index contributed by atoms with van der Waals surface area (Å²) in [6, 6.07) is 16.2. The number of nitrogens with zero attached hydrogens (tertiary/aromatic N) is 3. The van der Waals surface area contributed by atoms with Crippen molar-refractivity contribution in [2.45, 2.75) is 51.7 Å². The molecule has 0 aliphatic carbocycles. The second-order valence-electron chi connectivity index (χ2n) is 9.02. The van der Waals surface area contributed by atoms with Gasteiger partial charge in [0.2, 0.25) is 0 Å². The molecule has 2 heterocycles. The van der Waals surface area contributed by atoms with Crippen molar-refractivity contribution in [2.75, 3.05) is 19.6 Å². The number of benzene rings is 2. The fraction of sp³-hybridized carbons (Fsp3) is 0.423. The van der Waals surface area contributed by atoms with Crippen molar-refractivity contribution in [3.8, 4) is 11.3 Å². The average molecular weight is 447 g/mol. The third kappa shape index (κ3) is 5.15. The monoisotopic (exact) mass is 446 g/mol. The molecule has 7 heteroatoms. The van der Waals surface area contributed by atoms with Gasteiger partial charge in [-0.2, -0.15) is 0 Å². The van der Waals surface area contributed by atoms with Gasteiger partial charge in [-0.15, -0.1) is 0 Å². The van der Waals surface area contributed by atoms with Gasteiger partial charge in [0.25, 0.3) is 5.56 Å². The molecule has 4 rings (SSSR count). The van der Waals surface area contributed by atoms with Crippen LogP contribution in [0.2, 0.25) is 0 Å². The van der Waals surface area contributed by atoms with Gasteiger partial charge in [-0.1, -0.05) is 36.8 Å². The van der Waals surface area contributed by atoms with Gasteiger partial charge in [0.05, 0.1) is 11.0 Å². The van der Waals surface area contributed by atoms with Gasteiger partial charge in [-0.05, 0) is 44.9 Å². The lowest BCUT2D eigenvalue weighted by molar-refractivity contribution is 0.105. The third-order valence-corrected chi connectivity index (χ3v) is 6.73. The molecule has 0 saturated carbocycles. The van der Waals surface area contributed by atoms with E-state index in [1.807, 2.05) is 30.3 Å². The summed E-state index contributed by atoms with van der Waals surface area (Å²) in [5.74, 6) is -0.0282. The van der Waals surface area contributed by atoms with Crippen molar-refractivity contribution in [1.82, 2.24) is 19.8 Å². The summed E-state index contributed by atoms with van der Waals surface area (Å²) in [6.07, 6.45) is 3.87. The number of amidine groups is 1. The van der Waals surface area contributed by atoms with Gasteiger partial charge in [-0.25, -0.2) is 4.98 Å². The van der Waals surface area contributed by atoms with Gasteiger partial charge in [0, 0.05) is 49.4 Å². The summed E-state index contributed by atoms with van der Waals surface area (Å²) in [5.41, 5.74) is 8.76. The molecule has 2 atom stereocenters. The standard InChI is InChI=1S/C26H34N6O/c1-18-7-5-8-19(2)31(18)15-13-29-14-16-32-23-12-4-3-11-22(23)30-24(26(32)33)20-9-6-10-21(17-20)25(27)28/h3-4,6,9-12,17-19,29H,5,7-8,13-16H2,1-2H3,(H3,27,28)/t18-,19+. The fourth-order valence-corrected chi connectivity index (χ4v) is 4.88. The molecule has 1 aliphatic heterocycles. The zero-order valence-electron chi connectivity index (χ0n) is 19.6. The first kappa shape index (κ1) is 23.1. The number of fused-ring (bicyclic) bond motifs is 1. The van der Waals surface area contributed by atoms with E-state index in [4.69, 9.17) is 11.1 Å². The van der Waals surface area contributed by atoms with Crippen LogP contribution < -0.4 is 16.6 Å². The van der Waals surface area contributed by atoms with E-state index in [2.05, 4.69) is 29.0 Å². The van der Waals surface area contributed by atoms with Gasteiger partial charge >= 0.3 is 0 Å². The van der Waals surface area contributed by atoms with Gasteiger partial charge < -0.3 is 15.6 Å². The second kappa shape index (κ2) is 10.3. The van der Waals surface area contributed by atoms with Crippen LogP contribution in [0.15, 0.2) is 53.3 Å². The summed E-state index contributed by atoms with van der Waals surface area (Å²) in [4.78, 5) is 20.7. The maximum absolute atomic E-state index is 13.4. The zero-order valence-corrected chi connectivity index (χ0v) is 19.6. The molecule has 7 nitrogen and oxygen atoms in total. The first-order valence-corrected chi connectivity index (χ1v) is 11.9. The quantitative estimate of drug-likeness (QED) is 0.280. The molecule has 4 N–H and O–H groups in total. The molecule has 33 heavy (non-hydrogen) atoms. The first-order chi connectivity index (χ1) is 16.0. The summed E-state index contributed by atoms with van der Waals surface area (Å²) in [6.45, 7) is 7.84. The maximum atomic E-state index is 13.4. The number of hydrogen-bond donors (Lipinski definition) is 3. The maximum Gasteiger partial charge on any atom is 0.277 e. The molecule has 1 aliphatic rings. The summed E-state index contributed by atoms with van der Waals surface area (Å²) in [5, 5.41) is 11.2. The number of nitrogen functional groups attached to an aromatic ring is 1. The Morgan fingerprint density at radius 1 is 1.09 bits per heavy atom. The van der Waals surface area contributed by atoms with E-state index in [-0.39, 0.29) is 11.4 Å². The van der Waals surface area contributed by atoms with E-state index in [9.17, 15) is 4.79 Å². The molecule has 1 aromatic heterocycles. The summed E-state index contributed by atoms with van der Waals surface area (Å²) >= 11 is 0. The highest BCUT2D eigenvalue weighted by atomic mass is 16.1. The first-order valence-electron chi connectivity index (χ1n) is 11.9.